The predicted molar refractivity (Wildman–Crippen MR) is 120 cm³/mol. The van der Waals surface area contributed by atoms with Crippen molar-refractivity contribution in [2.75, 3.05) is 0 Å². The molecule has 43 heavy (non-hydrogen) atoms. The zero-order valence-corrected chi connectivity index (χ0v) is 20.7. The summed E-state index contributed by atoms with van der Waals surface area (Å²) in [7, 11) is 0. The molecule has 0 aliphatic heterocycles. The Morgan fingerprint density at radius 2 is 0.907 bits per heavy atom. The van der Waals surface area contributed by atoms with Crippen LogP contribution in [0.1, 0.15) is 45.0 Å². The summed E-state index contributed by atoms with van der Waals surface area (Å²) >= 11 is 0. The van der Waals surface area contributed by atoms with Crippen molar-refractivity contribution in [1.82, 2.24) is 9.97 Å². The first-order valence-electron chi connectivity index (χ1n) is 10.9. The first kappa shape index (κ1) is 32.0. The number of aromatic nitrogens is 2. The van der Waals surface area contributed by atoms with Crippen LogP contribution in [0.5, 0.6) is 0 Å². The van der Waals surface area contributed by atoms with E-state index in [1.54, 1.807) is 0 Å². The normalized spacial score (nSPS) is 13.3. The van der Waals surface area contributed by atoms with Crippen molar-refractivity contribution in [2.24, 2.45) is 0 Å². The third-order valence-electron chi connectivity index (χ3n) is 5.55. The van der Waals surface area contributed by atoms with Gasteiger partial charge in [-0.15, -0.1) is 0 Å². The highest BCUT2D eigenvalue weighted by atomic mass is 19.4. The van der Waals surface area contributed by atoms with Gasteiger partial charge in [-0.2, -0.15) is 60.6 Å². The minimum atomic E-state index is -5.53. The Morgan fingerprint density at radius 3 is 1.21 bits per heavy atom. The van der Waals surface area contributed by atoms with Gasteiger partial charge in [0, 0.05) is 5.69 Å². The molecule has 0 saturated carbocycles. The Balaban J connectivity index is 2.67. The molecule has 3 aromatic rings. The molecule has 6 nitrogen and oxygen atoms in total. The molecule has 0 fully saturated rings. The molecule has 17 heteroatoms. The van der Waals surface area contributed by atoms with E-state index >= 15 is 8.78 Å². The van der Waals surface area contributed by atoms with E-state index in [4.69, 9.17) is 0 Å². The van der Waals surface area contributed by atoms with E-state index < -0.39 is 91.1 Å². The maximum Gasteiger partial charge on any atom is 0.433 e. The van der Waals surface area contributed by atoms with Gasteiger partial charge in [0.2, 0.25) is 0 Å². The van der Waals surface area contributed by atoms with Gasteiger partial charge in [-0.25, -0.2) is 18.7 Å². The molecule has 218 valence electrons. The van der Waals surface area contributed by atoms with E-state index in [1.807, 2.05) is 0 Å². The van der Waals surface area contributed by atoms with Crippen molar-refractivity contribution in [2.45, 2.75) is 25.5 Å². The molecule has 1 aromatic carbocycles. The van der Waals surface area contributed by atoms with E-state index in [0.717, 1.165) is 31.2 Å². The fraction of sp³-hybridized carbons (Fsp3) is 0.154. The smallest absolute Gasteiger partial charge is 0.249 e. The number of nitrogens with zero attached hydrogens (tertiary/aromatic N) is 6. The van der Waals surface area contributed by atoms with Crippen LogP contribution in [0.2, 0.25) is 0 Å². The monoisotopic (exact) mass is 612 g/mol. The second-order valence-corrected chi connectivity index (χ2v) is 8.33. The molecule has 2 aromatic heterocycles. The van der Waals surface area contributed by atoms with Crippen LogP contribution < -0.4 is 10.4 Å². The maximum atomic E-state index is 15.8. The van der Waals surface area contributed by atoms with Crippen LogP contribution >= 0.6 is 0 Å². The largest absolute Gasteiger partial charge is 0.433 e. The Hall–Kier alpha value is -5.55. The number of benzene rings is 1. The van der Waals surface area contributed by atoms with Crippen molar-refractivity contribution in [3.05, 3.63) is 91.4 Å². The fourth-order valence-electron chi connectivity index (χ4n) is 3.82. The molecule has 0 aliphatic carbocycles. The van der Waals surface area contributed by atoms with Gasteiger partial charge in [0.25, 0.3) is 0 Å². The van der Waals surface area contributed by atoms with Crippen molar-refractivity contribution in [3.63, 3.8) is 0 Å². The fourth-order valence-corrected chi connectivity index (χ4v) is 3.82. The summed E-state index contributed by atoms with van der Waals surface area (Å²) in [5.74, 6) is -4.02. The summed E-state index contributed by atoms with van der Waals surface area (Å²) in [4.78, 5) is 5.66. The molecule has 0 bridgehead atoms. The van der Waals surface area contributed by atoms with Crippen molar-refractivity contribution in [3.8, 4) is 24.3 Å². The van der Waals surface area contributed by atoms with Crippen molar-refractivity contribution >= 4 is 11.1 Å². The average molecular weight is 612 g/mol. The number of hydrogen-bond donors (Lipinski definition) is 0. The average Bonchev–Trinajstić information content (AvgIpc) is 2.90. The molecule has 0 radical (unpaired) electrons. The summed E-state index contributed by atoms with van der Waals surface area (Å²) in [6, 6.07) is 5.44. The molecular weight excluding hydrogens is 605 g/mol. The molecule has 0 N–H and O–H groups in total. The van der Waals surface area contributed by atoms with E-state index in [2.05, 4.69) is 9.97 Å². The summed E-state index contributed by atoms with van der Waals surface area (Å²) < 4.78 is 152. The van der Waals surface area contributed by atoms with Gasteiger partial charge in [-0.05, 0) is 42.3 Å². The minimum Gasteiger partial charge on any atom is -0.249 e. The minimum absolute atomic E-state index is 0.114. The summed E-state index contributed by atoms with van der Waals surface area (Å²) in [6.07, 6.45) is -16.2. The van der Waals surface area contributed by atoms with E-state index in [-0.39, 0.29) is 23.9 Å². The van der Waals surface area contributed by atoms with Gasteiger partial charge in [0.15, 0.2) is 11.6 Å². The van der Waals surface area contributed by atoms with Gasteiger partial charge < -0.3 is 0 Å². The molecule has 0 amide bonds. The van der Waals surface area contributed by atoms with Gasteiger partial charge in [0.1, 0.15) is 41.4 Å². The zero-order chi connectivity index (χ0) is 32.7. The second-order valence-electron chi connectivity index (χ2n) is 8.33. The molecule has 0 aliphatic rings. The van der Waals surface area contributed by atoms with E-state index in [1.165, 1.54) is 6.07 Å². The standard InChI is InChI=1S/C26H7F11N6/c1-10-2-11(3-17(42-10)24(29,30)31)13(6-38)20-15(8-40)23(28)21(16(9-41)22(20)27)14(7-39)12-4-18(25(32,33)34)43-19(5-12)26(35,36)37/h2-5H,1H3/b20-13+,21-14+. The Kier molecular flexibility index (Phi) is 8.20. The number of pyridine rings is 2. The molecule has 3 rings (SSSR count). The SMILES string of the molecule is Cc1cc(/C(C#N)=c2/c(F)c(C#N)/c(=C(/C#N)c3cc(C(F)(F)F)nc(C(F)(F)F)c3)c(F)c2C#N)cc(C(F)(F)F)n1. The lowest BCUT2D eigenvalue weighted by Gasteiger charge is -2.14. The molecule has 0 unspecified atom stereocenters. The van der Waals surface area contributed by atoms with Gasteiger partial charge in [0.05, 0.1) is 32.7 Å². The van der Waals surface area contributed by atoms with Crippen LogP contribution in [0.15, 0.2) is 24.3 Å². The molecule has 0 spiro atoms. The van der Waals surface area contributed by atoms with Crippen LogP contribution in [0.25, 0.3) is 11.1 Å². The topological polar surface area (TPSA) is 121 Å². The molecule has 0 saturated heterocycles. The van der Waals surface area contributed by atoms with E-state index in [0.29, 0.717) is 0 Å². The van der Waals surface area contributed by atoms with Gasteiger partial charge >= 0.3 is 18.5 Å². The predicted octanol–water partition coefficient (Wildman–Crippen LogP) is 5.31. The highest BCUT2D eigenvalue weighted by Crippen LogP contribution is 2.35. The van der Waals surface area contributed by atoms with Crippen molar-refractivity contribution in [1.29, 1.82) is 21.0 Å². The Bertz CT molecular complexity index is 1930. The summed E-state index contributed by atoms with van der Waals surface area (Å²) in [6.45, 7) is 1.05. The number of alkyl halides is 9. The highest BCUT2D eigenvalue weighted by molar-refractivity contribution is 5.81. The number of nitriles is 4. The second kappa shape index (κ2) is 11.0. The van der Waals surface area contributed by atoms with Crippen LogP contribution in [0.4, 0.5) is 48.3 Å². The number of halogens is 11. The zero-order valence-electron chi connectivity index (χ0n) is 20.7. The van der Waals surface area contributed by atoms with Gasteiger partial charge in [-0.3, -0.25) is 0 Å². The van der Waals surface area contributed by atoms with E-state index in [9.17, 15) is 60.6 Å². The van der Waals surface area contributed by atoms with Crippen LogP contribution in [-0.2, 0) is 18.5 Å². The number of hydrogen-bond acceptors (Lipinski definition) is 6. The summed E-state index contributed by atoms with van der Waals surface area (Å²) in [5.41, 5.74) is -14.1. The highest BCUT2D eigenvalue weighted by Gasteiger charge is 2.39. The third-order valence-corrected chi connectivity index (χ3v) is 5.55. The first-order chi connectivity index (χ1) is 19.8. The van der Waals surface area contributed by atoms with Crippen molar-refractivity contribution < 1.29 is 48.3 Å². The first-order valence-corrected chi connectivity index (χ1v) is 10.9. The molecule has 0 atom stereocenters. The Labute approximate surface area is 232 Å². The van der Waals surface area contributed by atoms with Crippen LogP contribution in [0.3, 0.4) is 0 Å². The molecular formula is C26H7F11N6. The lowest BCUT2D eigenvalue weighted by Crippen LogP contribution is -2.31. The van der Waals surface area contributed by atoms with Gasteiger partial charge in [-0.1, -0.05) is 0 Å². The third kappa shape index (κ3) is 6.07. The summed E-state index contributed by atoms with van der Waals surface area (Å²) in [5, 5.41) is 35.6. The molecule has 2 heterocycles. The lowest BCUT2D eigenvalue weighted by molar-refractivity contribution is -0.150. The Morgan fingerprint density at radius 1 is 0.581 bits per heavy atom. The number of rotatable bonds is 2. The van der Waals surface area contributed by atoms with Crippen LogP contribution in [-0.4, -0.2) is 9.97 Å². The number of aryl methyl sites for hydroxylation is 1. The quantitative estimate of drug-likeness (QED) is 0.362. The lowest BCUT2D eigenvalue weighted by atomic mass is 9.93. The van der Waals surface area contributed by atoms with Crippen LogP contribution in [0, 0.1) is 63.9 Å². The maximum absolute atomic E-state index is 15.8.